The van der Waals surface area contributed by atoms with E-state index in [9.17, 15) is 0 Å². The van der Waals surface area contributed by atoms with Crippen molar-refractivity contribution >= 4 is 27.3 Å². The molecule has 0 saturated carbocycles. The molecule has 0 aliphatic carbocycles. The van der Waals surface area contributed by atoms with Gasteiger partial charge in [0.15, 0.2) is 3.92 Å². The molecule has 4 heteroatoms. The number of hydrogen-bond donors (Lipinski definition) is 0. The van der Waals surface area contributed by atoms with E-state index in [1.807, 2.05) is 25.1 Å². The summed E-state index contributed by atoms with van der Waals surface area (Å²) in [6, 6.07) is 5.89. The molecule has 0 atom stereocenters. The van der Waals surface area contributed by atoms with Crippen molar-refractivity contribution in [1.29, 1.82) is 0 Å². The molecule has 13 heavy (non-hydrogen) atoms. The van der Waals surface area contributed by atoms with Crippen molar-refractivity contribution in [3.05, 3.63) is 34.0 Å². The van der Waals surface area contributed by atoms with Crippen molar-refractivity contribution in [2.75, 3.05) is 0 Å². The highest BCUT2D eigenvalue weighted by atomic mass is 79.9. The zero-order chi connectivity index (χ0) is 9.26. The van der Waals surface area contributed by atoms with Gasteiger partial charge < -0.3 is 0 Å². The van der Waals surface area contributed by atoms with Gasteiger partial charge in [-0.15, -0.1) is 11.3 Å². The summed E-state index contributed by atoms with van der Waals surface area (Å²) in [6.45, 7) is 1.99. The highest BCUT2D eigenvalue weighted by Gasteiger charge is 2.07. The van der Waals surface area contributed by atoms with Gasteiger partial charge in [0.1, 0.15) is 0 Å². The Morgan fingerprint density at radius 3 is 2.77 bits per heavy atom. The Bertz CT molecular complexity index is 411. The summed E-state index contributed by atoms with van der Waals surface area (Å²) >= 11 is 4.97. The smallest absolute Gasteiger partial charge is 0.159 e. The van der Waals surface area contributed by atoms with Crippen molar-refractivity contribution in [3.8, 4) is 10.6 Å². The largest absolute Gasteiger partial charge is 0.255 e. The number of aryl methyl sites for hydroxylation is 1. The van der Waals surface area contributed by atoms with Gasteiger partial charge in [0.05, 0.1) is 16.3 Å². The predicted octanol–water partition coefficient (Wildman–Crippen LogP) is 3.28. The molecule has 2 heterocycles. The molecule has 0 bridgehead atoms. The number of thiazole rings is 1. The van der Waals surface area contributed by atoms with E-state index in [0.717, 1.165) is 20.2 Å². The fourth-order valence-electron chi connectivity index (χ4n) is 1.10. The Labute approximate surface area is 88.8 Å². The molecule has 2 aromatic heterocycles. The van der Waals surface area contributed by atoms with Crippen molar-refractivity contribution in [3.63, 3.8) is 0 Å². The lowest BCUT2D eigenvalue weighted by Gasteiger charge is -1.94. The molecule has 0 N–H and O–H groups in total. The number of aromatic nitrogens is 2. The monoisotopic (exact) mass is 254 g/mol. The van der Waals surface area contributed by atoms with E-state index in [-0.39, 0.29) is 0 Å². The quantitative estimate of drug-likeness (QED) is 0.781. The maximum absolute atomic E-state index is 4.28. The number of halogens is 1. The molecule has 0 saturated heterocycles. The highest BCUT2D eigenvalue weighted by molar-refractivity contribution is 9.11. The van der Waals surface area contributed by atoms with Gasteiger partial charge in [-0.1, -0.05) is 6.07 Å². The molecule has 0 fully saturated rings. The minimum Gasteiger partial charge on any atom is -0.255 e. The summed E-state index contributed by atoms with van der Waals surface area (Å²) in [5, 5.41) is 0. The van der Waals surface area contributed by atoms with E-state index >= 15 is 0 Å². The predicted molar refractivity (Wildman–Crippen MR) is 57.8 cm³/mol. The highest BCUT2D eigenvalue weighted by Crippen LogP contribution is 2.30. The average molecular weight is 255 g/mol. The van der Waals surface area contributed by atoms with Crippen LogP contribution in [0.25, 0.3) is 10.6 Å². The summed E-state index contributed by atoms with van der Waals surface area (Å²) in [4.78, 5) is 9.69. The van der Waals surface area contributed by atoms with Crippen molar-refractivity contribution in [2.24, 2.45) is 0 Å². The Kier molecular flexibility index (Phi) is 2.42. The number of hydrogen-bond acceptors (Lipinski definition) is 3. The van der Waals surface area contributed by atoms with Gasteiger partial charge >= 0.3 is 0 Å². The number of nitrogens with zero attached hydrogens (tertiary/aromatic N) is 2. The molecule has 66 valence electrons. The SMILES string of the molecule is Cc1nc(Br)sc1-c1ccccn1. The second-order valence-electron chi connectivity index (χ2n) is 2.60. The minimum atomic E-state index is 0.908. The molecule has 0 spiro atoms. The molecule has 2 nitrogen and oxygen atoms in total. The lowest BCUT2D eigenvalue weighted by atomic mass is 10.3. The van der Waals surface area contributed by atoms with E-state index in [2.05, 4.69) is 25.9 Å². The third-order valence-corrected chi connectivity index (χ3v) is 3.30. The number of pyridine rings is 1. The van der Waals surface area contributed by atoms with Gasteiger partial charge in [0, 0.05) is 6.20 Å². The summed E-state index contributed by atoms with van der Waals surface area (Å²) < 4.78 is 0.908. The topological polar surface area (TPSA) is 25.8 Å². The zero-order valence-electron chi connectivity index (χ0n) is 6.99. The van der Waals surface area contributed by atoms with Crippen LogP contribution in [0.5, 0.6) is 0 Å². The van der Waals surface area contributed by atoms with Crippen LogP contribution >= 0.6 is 27.3 Å². The van der Waals surface area contributed by atoms with Gasteiger partial charge in [-0.2, -0.15) is 0 Å². The fraction of sp³-hybridized carbons (Fsp3) is 0.111. The van der Waals surface area contributed by atoms with Crippen LogP contribution in [0.15, 0.2) is 28.3 Å². The first-order valence-electron chi connectivity index (χ1n) is 3.81. The molecule has 0 radical (unpaired) electrons. The van der Waals surface area contributed by atoms with Gasteiger partial charge in [0.2, 0.25) is 0 Å². The Balaban J connectivity index is 2.53. The number of rotatable bonds is 1. The van der Waals surface area contributed by atoms with Gasteiger partial charge in [0.25, 0.3) is 0 Å². The van der Waals surface area contributed by atoms with Crippen LogP contribution in [-0.4, -0.2) is 9.97 Å². The maximum atomic E-state index is 4.28. The maximum Gasteiger partial charge on any atom is 0.159 e. The summed E-state index contributed by atoms with van der Waals surface area (Å²) in [5.41, 5.74) is 2.01. The molecular weight excluding hydrogens is 248 g/mol. The van der Waals surface area contributed by atoms with Crippen molar-refractivity contribution in [2.45, 2.75) is 6.92 Å². The first-order valence-corrected chi connectivity index (χ1v) is 5.42. The second-order valence-corrected chi connectivity index (χ2v) is 4.87. The summed E-state index contributed by atoms with van der Waals surface area (Å²) in [5.74, 6) is 0. The lowest BCUT2D eigenvalue weighted by molar-refractivity contribution is 1.23. The first-order chi connectivity index (χ1) is 6.27. The third kappa shape index (κ3) is 1.78. The third-order valence-electron chi connectivity index (χ3n) is 1.67. The van der Waals surface area contributed by atoms with E-state index in [0.29, 0.717) is 0 Å². The Morgan fingerprint density at radius 1 is 1.38 bits per heavy atom. The van der Waals surface area contributed by atoms with Crippen molar-refractivity contribution < 1.29 is 0 Å². The standard InChI is InChI=1S/C9H7BrN2S/c1-6-8(13-9(10)12-6)7-4-2-3-5-11-7/h2-5H,1H3. The zero-order valence-corrected chi connectivity index (χ0v) is 9.39. The van der Waals surface area contributed by atoms with Crippen LogP contribution in [0.1, 0.15) is 5.69 Å². The van der Waals surface area contributed by atoms with Gasteiger partial charge in [-0.25, -0.2) is 4.98 Å². The molecule has 0 aliphatic heterocycles. The molecular formula is C9H7BrN2S. The molecule has 0 aromatic carbocycles. The summed E-state index contributed by atoms with van der Waals surface area (Å²) in [6.07, 6.45) is 1.79. The van der Waals surface area contributed by atoms with Crippen molar-refractivity contribution in [1.82, 2.24) is 9.97 Å². The molecule has 2 rings (SSSR count). The van der Waals surface area contributed by atoms with Crippen LogP contribution in [-0.2, 0) is 0 Å². The first kappa shape index (κ1) is 8.84. The summed E-state index contributed by atoms with van der Waals surface area (Å²) in [7, 11) is 0. The normalized spacial score (nSPS) is 10.3. The van der Waals surface area contributed by atoms with Crippen LogP contribution in [0.4, 0.5) is 0 Å². The molecule has 0 amide bonds. The van der Waals surface area contributed by atoms with E-state index in [4.69, 9.17) is 0 Å². The van der Waals surface area contributed by atoms with Crippen LogP contribution in [0, 0.1) is 6.92 Å². The van der Waals surface area contributed by atoms with Gasteiger partial charge in [-0.05, 0) is 35.0 Å². The molecule has 0 aliphatic rings. The Morgan fingerprint density at radius 2 is 2.23 bits per heavy atom. The van der Waals surface area contributed by atoms with Gasteiger partial charge in [-0.3, -0.25) is 4.98 Å². The van der Waals surface area contributed by atoms with E-state index in [1.165, 1.54) is 0 Å². The second kappa shape index (κ2) is 3.55. The minimum absolute atomic E-state index is 0.908. The lowest BCUT2D eigenvalue weighted by Crippen LogP contribution is -1.80. The van der Waals surface area contributed by atoms with Crippen LogP contribution in [0.3, 0.4) is 0 Å². The van der Waals surface area contributed by atoms with Crippen LogP contribution in [0.2, 0.25) is 0 Å². The Hall–Kier alpha value is -0.740. The van der Waals surface area contributed by atoms with E-state index < -0.39 is 0 Å². The fourth-order valence-corrected chi connectivity index (χ4v) is 2.62. The van der Waals surface area contributed by atoms with E-state index in [1.54, 1.807) is 17.5 Å². The van der Waals surface area contributed by atoms with Crippen LogP contribution < -0.4 is 0 Å². The molecule has 2 aromatic rings. The molecule has 0 unspecified atom stereocenters. The average Bonchev–Trinajstić information content (AvgIpc) is 2.47.